The van der Waals surface area contributed by atoms with Crippen molar-refractivity contribution in [1.82, 2.24) is 15.1 Å². The molecule has 1 unspecified atom stereocenters. The maximum absolute atomic E-state index is 12.6. The highest BCUT2D eigenvalue weighted by molar-refractivity contribution is 5.96. The van der Waals surface area contributed by atoms with Crippen molar-refractivity contribution >= 4 is 5.91 Å². The number of rotatable bonds is 3. The molecule has 2 N–H and O–H groups in total. The fourth-order valence-electron chi connectivity index (χ4n) is 2.06. The van der Waals surface area contributed by atoms with Gasteiger partial charge in [-0.05, 0) is 13.8 Å². The SMILES string of the molecule is CC(C)(NC(=O)c1cnn2c1OCCC2)C(O)C(F)(F)F. The van der Waals surface area contributed by atoms with Gasteiger partial charge in [0.1, 0.15) is 5.56 Å². The van der Waals surface area contributed by atoms with Crippen LogP contribution in [0.15, 0.2) is 6.20 Å². The van der Waals surface area contributed by atoms with Gasteiger partial charge in [0, 0.05) is 13.0 Å². The monoisotopic (exact) mass is 307 g/mol. The van der Waals surface area contributed by atoms with Crippen LogP contribution in [0.1, 0.15) is 30.6 Å². The number of carbonyl (C=O) groups is 1. The zero-order valence-corrected chi connectivity index (χ0v) is 11.6. The van der Waals surface area contributed by atoms with E-state index in [2.05, 4.69) is 10.4 Å². The summed E-state index contributed by atoms with van der Waals surface area (Å²) in [7, 11) is 0. The Hall–Kier alpha value is -1.77. The highest BCUT2D eigenvalue weighted by atomic mass is 19.4. The molecular weight excluding hydrogens is 291 g/mol. The zero-order valence-electron chi connectivity index (χ0n) is 11.6. The molecule has 1 atom stereocenters. The van der Waals surface area contributed by atoms with Crippen molar-refractivity contribution in [3.05, 3.63) is 11.8 Å². The van der Waals surface area contributed by atoms with Crippen molar-refractivity contribution in [2.24, 2.45) is 0 Å². The van der Waals surface area contributed by atoms with Gasteiger partial charge in [-0.1, -0.05) is 0 Å². The molecule has 118 valence electrons. The molecule has 0 radical (unpaired) electrons. The summed E-state index contributed by atoms with van der Waals surface area (Å²) in [6.45, 7) is 3.19. The fourth-order valence-corrected chi connectivity index (χ4v) is 2.06. The van der Waals surface area contributed by atoms with Crippen molar-refractivity contribution in [2.45, 2.75) is 44.6 Å². The number of nitrogens with zero attached hydrogens (tertiary/aromatic N) is 2. The summed E-state index contributed by atoms with van der Waals surface area (Å²) in [6, 6.07) is 0. The van der Waals surface area contributed by atoms with Gasteiger partial charge < -0.3 is 15.2 Å². The number of hydrogen-bond donors (Lipinski definition) is 2. The number of carbonyl (C=O) groups excluding carboxylic acids is 1. The van der Waals surface area contributed by atoms with Crippen molar-refractivity contribution < 1.29 is 27.8 Å². The summed E-state index contributed by atoms with van der Waals surface area (Å²) < 4.78 is 44.5. The van der Waals surface area contributed by atoms with Gasteiger partial charge in [0.25, 0.3) is 5.91 Å². The Morgan fingerprint density at radius 3 is 2.81 bits per heavy atom. The van der Waals surface area contributed by atoms with Gasteiger partial charge in [-0.3, -0.25) is 4.79 Å². The average Bonchev–Trinajstić information content (AvgIpc) is 2.80. The average molecular weight is 307 g/mol. The molecule has 1 aromatic rings. The van der Waals surface area contributed by atoms with Gasteiger partial charge in [-0.25, -0.2) is 4.68 Å². The second-order valence-corrected chi connectivity index (χ2v) is 5.41. The lowest BCUT2D eigenvalue weighted by Gasteiger charge is -2.32. The summed E-state index contributed by atoms with van der Waals surface area (Å²) in [5.41, 5.74) is -1.82. The predicted molar refractivity (Wildman–Crippen MR) is 65.9 cm³/mol. The molecule has 0 bridgehead atoms. The van der Waals surface area contributed by atoms with Crippen LogP contribution in [0.5, 0.6) is 5.88 Å². The van der Waals surface area contributed by atoms with Crippen LogP contribution in [-0.2, 0) is 6.54 Å². The number of ether oxygens (including phenoxy) is 1. The van der Waals surface area contributed by atoms with Crippen molar-refractivity contribution in [1.29, 1.82) is 0 Å². The molecule has 6 nitrogen and oxygen atoms in total. The number of hydrogen-bond acceptors (Lipinski definition) is 4. The summed E-state index contributed by atoms with van der Waals surface area (Å²) >= 11 is 0. The van der Waals surface area contributed by atoms with Crippen LogP contribution in [0.4, 0.5) is 13.2 Å². The van der Waals surface area contributed by atoms with E-state index >= 15 is 0 Å². The van der Waals surface area contributed by atoms with E-state index in [-0.39, 0.29) is 11.4 Å². The van der Waals surface area contributed by atoms with Crippen molar-refractivity contribution in [2.75, 3.05) is 6.61 Å². The maximum Gasteiger partial charge on any atom is 0.416 e. The van der Waals surface area contributed by atoms with Crippen LogP contribution in [0.25, 0.3) is 0 Å². The van der Waals surface area contributed by atoms with Crippen LogP contribution >= 0.6 is 0 Å². The summed E-state index contributed by atoms with van der Waals surface area (Å²) in [6.07, 6.45) is -5.52. The van der Waals surface area contributed by atoms with E-state index in [4.69, 9.17) is 4.74 Å². The molecule has 1 amide bonds. The maximum atomic E-state index is 12.6. The minimum Gasteiger partial charge on any atom is -0.477 e. The van der Waals surface area contributed by atoms with E-state index < -0.39 is 23.7 Å². The summed E-state index contributed by atoms with van der Waals surface area (Å²) in [4.78, 5) is 12.1. The lowest BCUT2D eigenvalue weighted by molar-refractivity contribution is -0.222. The van der Waals surface area contributed by atoms with E-state index in [1.54, 1.807) is 0 Å². The Labute approximate surface area is 118 Å². The smallest absolute Gasteiger partial charge is 0.416 e. The Morgan fingerprint density at radius 1 is 1.52 bits per heavy atom. The lowest BCUT2D eigenvalue weighted by atomic mass is 9.96. The molecule has 2 heterocycles. The Bertz CT molecular complexity index is 540. The molecule has 9 heteroatoms. The van der Waals surface area contributed by atoms with Crippen molar-refractivity contribution in [3.63, 3.8) is 0 Å². The fraction of sp³-hybridized carbons (Fsp3) is 0.667. The van der Waals surface area contributed by atoms with Gasteiger partial charge in [0.05, 0.1) is 18.3 Å². The Morgan fingerprint density at radius 2 is 2.19 bits per heavy atom. The number of aliphatic hydroxyl groups is 1. The molecule has 2 rings (SSSR count). The quantitative estimate of drug-likeness (QED) is 0.876. The number of aliphatic hydroxyl groups excluding tert-OH is 1. The van der Waals surface area contributed by atoms with E-state index in [0.29, 0.717) is 13.2 Å². The molecule has 0 fully saturated rings. The number of nitrogens with one attached hydrogen (secondary N) is 1. The minimum atomic E-state index is -4.83. The van der Waals surface area contributed by atoms with Gasteiger partial charge in [-0.15, -0.1) is 0 Å². The number of fused-ring (bicyclic) bond motifs is 1. The first kappa shape index (κ1) is 15.6. The predicted octanol–water partition coefficient (Wildman–Crippen LogP) is 1.10. The first-order chi connectivity index (χ1) is 9.63. The number of halogens is 3. The molecule has 0 spiro atoms. The molecule has 0 aliphatic carbocycles. The minimum absolute atomic E-state index is 0.0529. The first-order valence-electron chi connectivity index (χ1n) is 6.39. The number of alkyl halides is 3. The van der Waals surface area contributed by atoms with E-state index in [1.165, 1.54) is 10.9 Å². The van der Waals surface area contributed by atoms with Gasteiger partial charge >= 0.3 is 6.18 Å². The second kappa shape index (κ2) is 5.21. The zero-order chi connectivity index (χ0) is 15.8. The number of aryl methyl sites for hydroxylation is 1. The topological polar surface area (TPSA) is 76.4 Å². The molecule has 1 aliphatic rings. The van der Waals surface area contributed by atoms with Crippen LogP contribution in [0.2, 0.25) is 0 Å². The van der Waals surface area contributed by atoms with Crippen LogP contribution in [0, 0.1) is 0 Å². The Kier molecular flexibility index (Phi) is 3.87. The number of amides is 1. The molecule has 0 saturated carbocycles. The first-order valence-corrected chi connectivity index (χ1v) is 6.39. The highest BCUT2D eigenvalue weighted by Gasteiger charge is 2.49. The number of aromatic nitrogens is 2. The molecule has 0 aromatic carbocycles. The van der Waals surface area contributed by atoms with Crippen LogP contribution in [0.3, 0.4) is 0 Å². The third kappa shape index (κ3) is 3.12. The molecule has 21 heavy (non-hydrogen) atoms. The van der Waals surface area contributed by atoms with E-state index in [9.17, 15) is 23.1 Å². The largest absolute Gasteiger partial charge is 0.477 e. The summed E-state index contributed by atoms with van der Waals surface area (Å²) in [5.74, 6) is -0.539. The standard InChI is InChI=1S/C12H16F3N3O3/c1-11(2,10(20)12(13,14)15)17-8(19)7-6-16-18-4-3-5-21-9(7)18/h6,10,20H,3-5H2,1-2H3,(H,17,19). The van der Waals surface area contributed by atoms with Gasteiger partial charge in [-0.2, -0.15) is 18.3 Å². The summed E-state index contributed by atoms with van der Waals surface area (Å²) in [5, 5.41) is 15.4. The molecular formula is C12H16F3N3O3. The van der Waals surface area contributed by atoms with Crippen LogP contribution in [-0.4, -0.2) is 45.2 Å². The molecule has 1 aliphatic heterocycles. The highest BCUT2D eigenvalue weighted by Crippen LogP contribution is 2.29. The third-order valence-corrected chi connectivity index (χ3v) is 3.22. The third-order valence-electron chi connectivity index (χ3n) is 3.22. The van der Waals surface area contributed by atoms with Crippen LogP contribution < -0.4 is 10.1 Å². The Balaban J connectivity index is 2.16. The second-order valence-electron chi connectivity index (χ2n) is 5.41. The van der Waals surface area contributed by atoms with Gasteiger partial charge in [0.15, 0.2) is 6.10 Å². The van der Waals surface area contributed by atoms with Crippen molar-refractivity contribution in [3.8, 4) is 5.88 Å². The normalized spacial score (nSPS) is 16.9. The lowest BCUT2D eigenvalue weighted by Crippen LogP contribution is -2.57. The van der Waals surface area contributed by atoms with Gasteiger partial charge in [0.2, 0.25) is 5.88 Å². The van der Waals surface area contributed by atoms with E-state index in [0.717, 1.165) is 20.3 Å². The molecule has 0 saturated heterocycles. The molecule has 1 aromatic heterocycles. The van der Waals surface area contributed by atoms with E-state index in [1.807, 2.05) is 0 Å².